The minimum Gasteiger partial charge on any atom is -0.489 e. The number of ether oxygens (including phenoxy) is 1. The predicted octanol–water partition coefficient (Wildman–Crippen LogP) is 4.26. The topological polar surface area (TPSA) is 21.3 Å². The number of hydrogen-bond acceptors (Lipinski definition) is 2. The summed E-state index contributed by atoms with van der Waals surface area (Å²) in [6.45, 7) is 3.86. The van der Waals surface area contributed by atoms with Crippen molar-refractivity contribution in [2.24, 2.45) is 0 Å². The van der Waals surface area contributed by atoms with Crippen molar-refractivity contribution in [3.63, 3.8) is 0 Å². The zero-order valence-electron chi connectivity index (χ0n) is 13.1. The van der Waals surface area contributed by atoms with Gasteiger partial charge in [0.2, 0.25) is 0 Å². The van der Waals surface area contributed by atoms with E-state index in [9.17, 15) is 0 Å². The molecule has 0 saturated heterocycles. The monoisotopic (exact) mass is 317 g/mol. The Labute approximate surface area is 138 Å². The minimum atomic E-state index is 0.106. The summed E-state index contributed by atoms with van der Waals surface area (Å²) in [5.41, 5.74) is 2.50. The Bertz CT molecular complexity index is 544. The average Bonchev–Trinajstić information content (AvgIpc) is 2.55. The van der Waals surface area contributed by atoms with Crippen molar-refractivity contribution >= 4 is 11.6 Å². The third-order valence-electron chi connectivity index (χ3n) is 3.56. The zero-order valence-corrected chi connectivity index (χ0v) is 13.9. The van der Waals surface area contributed by atoms with Crippen molar-refractivity contribution in [2.45, 2.75) is 25.9 Å². The predicted molar refractivity (Wildman–Crippen MR) is 94.0 cm³/mol. The van der Waals surface area contributed by atoms with E-state index in [1.807, 2.05) is 18.2 Å². The summed E-state index contributed by atoms with van der Waals surface area (Å²) in [7, 11) is 0. The molecule has 0 aliphatic heterocycles. The van der Waals surface area contributed by atoms with E-state index < -0.39 is 0 Å². The van der Waals surface area contributed by atoms with Gasteiger partial charge in [-0.05, 0) is 30.2 Å². The van der Waals surface area contributed by atoms with Gasteiger partial charge in [0.05, 0.1) is 0 Å². The van der Waals surface area contributed by atoms with Crippen molar-refractivity contribution in [3.8, 4) is 5.75 Å². The molecule has 0 spiro atoms. The van der Waals surface area contributed by atoms with Crippen molar-refractivity contribution in [3.05, 3.63) is 65.7 Å². The van der Waals surface area contributed by atoms with Gasteiger partial charge in [0.25, 0.3) is 0 Å². The molecular weight excluding hydrogens is 294 g/mol. The zero-order chi connectivity index (χ0) is 15.6. The second-order valence-electron chi connectivity index (χ2n) is 5.30. The minimum absolute atomic E-state index is 0.106. The van der Waals surface area contributed by atoms with Gasteiger partial charge < -0.3 is 10.1 Å². The van der Waals surface area contributed by atoms with Crippen LogP contribution < -0.4 is 10.1 Å². The number of alkyl halides is 1. The first-order chi connectivity index (χ1) is 10.8. The summed E-state index contributed by atoms with van der Waals surface area (Å²) in [6.07, 6.45) is 1.83. The molecule has 2 aromatic carbocycles. The fourth-order valence-corrected chi connectivity index (χ4v) is 2.63. The molecule has 2 aromatic rings. The summed E-state index contributed by atoms with van der Waals surface area (Å²) >= 11 is 5.90. The van der Waals surface area contributed by atoms with E-state index in [0.717, 1.165) is 31.7 Å². The van der Waals surface area contributed by atoms with Crippen molar-refractivity contribution in [1.29, 1.82) is 0 Å². The molecule has 1 N–H and O–H groups in total. The van der Waals surface area contributed by atoms with E-state index in [1.165, 1.54) is 11.1 Å². The van der Waals surface area contributed by atoms with Crippen molar-refractivity contribution in [2.75, 3.05) is 19.0 Å². The maximum atomic E-state index is 6.21. The Morgan fingerprint density at radius 3 is 2.50 bits per heavy atom. The van der Waals surface area contributed by atoms with Gasteiger partial charge in [-0.15, -0.1) is 11.6 Å². The number of likely N-dealkylation sites (N-methyl/N-ethyl adjacent to an activating group) is 1. The van der Waals surface area contributed by atoms with Crippen LogP contribution in [0.1, 0.15) is 24.5 Å². The molecule has 1 atom stereocenters. The van der Waals surface area contributed by atoms with Gasteiger partial charge in [-0.25, -0.2) is 0 Å². The Balaban J connectivity index is 2.09. The molecule has 0 heterocycles. The van der Waals surface area contributed by atoms with Crippen LogP contribution in [-0.2, 0) is 6.42 Å². The molecule has 1 unspecified atom stereocenters. The Morgan fingerprint density at radius 1 is 1.05 bits per heavy atom. The molecule has 118 valence electrons. The van der Waals surface area contributed by atoms with Crippen LogP contribution in [-0.4, -0.2) is 25.1 Å². The number of para-hydroxylation sites is 1. The van der Waals surface area contributed by atoms with Gasteiger partial charge in [-0.1, -0.05) is 55.5 Å². The highest BCUT2D eigenvalue weighted by Crippen LogP contribution is 2.23. The highest BCUT2D eigenvalue weighted by atomic mass is 35.5. The van der Waals surface area contributed by atoms with E-state index in [0.29, 0.717) is 5.88 Å². The number of benzene rings is 2. The molecule has 0 saturated carbocycles. The summed E-state index contributed by atoms with van der Waals surface area (Å²) in [5.74, 6) is 1.57. The lowest BCUT2D eigenvalue weighted by molar-refractivity contribution is 0.193. The summed E-state index contributed by atoms with van der Waals surface area (Å²) in [5, 5.41) is 3.34. The highest BCUT2D eigenvalue weighted by Gasteiger charge is 2.12. The van der Waals surface area contributed by atoms with Crippen LogP contribution in [0.4, 0.5) is 0 Å². The quantitative estimate of drug-likeness (QED) is 0.698. The highest BCUT2D eigenvalue weighted by molar-refractivity contribution is 6.17. The molecule has 2 nitrogen and oxygen atoms in total. The Morgan fingerprint density at radius 2 is 1.77 bits per heavy atom. The second kappa shape index (κ2) is 9.50. The van der Waals surface area contributed by atoms with Crippen molar-refractivity contribution < 1.29 is 4.74 Å². The molecule has 0 radical (unpaired) electrons. The molecule has 22 heavy (non-hydrogen) atoms. The summed E-state index contributed by atoms with van der Waals surface area (Å²) in [6, 6.07) is 18.7. The maximum absolute atomic E-state index is 6.21. The number of rotatable bonds is 9. The molecule has 0 amide bonds. The van der Waals surface area contributed by atoms with Gasteiger partial charge in [0.15, 0.2) is 0 Å². The molecule has 3 heteroatoms. The largest absolute Gasteiger partial charge is 0.489 e. The average molecular weight is 318 g/mol. The molecule has 0 aromatic heterocycles. The van der Waals surface area contributed by atoms with Gasteiger partial charge in [0, 0.05) is 18.8 Å². The lowest BCUT2D eigenvalue weighted by Crippen LogP contribution is -2.32. The third-order valence-corrected chi connectivity index (χ3v) is 3.77. The maximum Gasteiger partial charge on any atom is 0.123 e. The van der Waals surface area contributed by atoms with E-state index >= 15 is 0 Å². The Kier molecular flexibility index (Phi) is 7.27. The first-order valence-electron chi connectivity index (χ1n) is 7.88. The van der Waals surface area contributed by atoms with E-state index in [1.54, 1.807) is 0 Å². The van der Waals surface area contributed by atoms with Crippen LogP contribution in [0.3, 0.4) is 0 Å². The molecule has 0 aliphatic rings. The molecular formula is C19H24ClNO. The molecule has 0 aliphatic carbocycles. The fourth-order valence-electron chi connectivity index (χ4n) is 2.39. The number of halogens is 1. The van der Waals surface area contributed by atoms with E-state index in [4.69, 9.17) is 16.3 Å². The van der Waals surface area contributed by atoms with E-state index in [2.05, 4.69) is 48.6 Å². The first-order valence-corrected chi connectivity index (χ1v) is 8.42. The van der Waals surface area contributed by atoms with Gasteiger partial charge in [0.1, 0.15) is 11.9 Å². The SMILES string of the molecule is CCNCC(CCCl)Oc1ccccc1Cc1ccccc1. The van der Waals surface area contributed by atoms with Crippen LogP contribution in [0.25, 0.3) is 0 Å². The lowest BCUT2D eigenvalue weighted by atomic mass is 10.0. The van der Waals surface area contributed by atoms with Gasteiger partial charge >= 0.3 is 0 Å². The molecule has 0 fully saturated rings. The third kappa shape index (κ3) is 5.36. The lowest BCUT2D eigenvalue weighted by Gasteiger charge is -2.20. The van der Waals surface area contributed by atoms with Crippen LogP contribution in [0, 0.1) is 0 Å². The van der Waals surface area contributed by atoms with Crippen LogP contribution in [0.5, 0.6) is 5.75 Å². The standard InChI is InChI=1S/C19H24ClNO/c1-2-21-15-18(12-13-20)22-19-11-7-6-10-17(19)14-16-8-4-3-5-9-16/h3-11,18,21H,2,12-15H2,1H3. The molecule has 0 bridgehead atoms. The number of nitrogens with one attached hydrogen (secondary N) is 1. The normalized spacial score (nSPS) is 12.1. The first kappa shape index (κ1) is 16.9. The van der Waals surface area contributed by atoms with Crippen molar-refractivity contribution in [1.82, 2.24) is 5.32 Å². The van der Waals surface area contributed by atoms with Gasteiger partial charge in [-0.2, -0.15) is 0 Å². The van der Waals surface area contributed by atoms with Crippen LogP contribution >= 0.6 is 11.6 Å². The fraction of sp³-hybridized carbons (Fsp3) is 0.368. The second-order valence-corrected chi connectivity index (χ2v) is 5.67. The van der Waals surface area contributed by atoms with E-state index in [-0.39, 0.29) is 6.10 Å². The van der Waals surface area contributed by atoms with Gasteiger partial charge in [-0.3, -0.25) is 0 Å². The summed E-state index contributed by atoms with van der Waals surface area (Å²) < 4.78 is 6.21. The Hall–Kier alpha value is -1.51. The van der Waals surface area contributed by atoms with Crippen LogP contribution in [0.2, 0.25) is 0 Å². The molecule has 2 rings (SSSR count). The summed E-state index contributed by atoms with van der Waals surface area (Å²) in [4.78, 5) is 0. The number of hydrogen-bond donors (Lipinski definition) is 1. The smallest absolute Gasteiger partial charge is 0.123 e. The van der Waals surface area contributed by atoms with Crippen LogP contribution in [0.15, 0.2) is 54.6 Å².